The molecule has 0 heterocycles. The zero-order valence-electron chi connectivity index (χ0n) is 13.1. The Kier molecular flexibility index (Phi) is 4.61. The monoisotopic (exact) mass is 298 g/mol. The Labute approximate surface area is 129 Å². The third-order valence-electron chi connectivity index (χ3n) is 3.33. The maximum absolute atomic E-state index is 12.2. The first kappa shape index (κ1) is 15.8. The van der Waals surface area contributed by atoms with E-state index in [0.717, 1.165) is 5.56 Å². The predicted molar refractivity (Wildman–Crippen MR) is 83.4 cm³/mol. The Morgan fingerprint density at radius 3 is 2.05 bits per heavy atom. The van der Waals surface area contributed by atoms with E-state index in [2.05, 4.69) is 0 Å². The molecule has 0 aromatic heterocycles. The number of ether oxygens (including phenoxy) is 2. The number of hydrogen-bond donors (Lipinski definition) is 0. The highest BCUT2D eigenvalue weighted by Crippen LogP contribution is 2.26. The van der Waals surface area contributed by atoms with E-state index in [0.29, 0.717) is 28.0 Å². The first-order valence-electron chi connectivity index (χ1n) is 6.90. The van der Waals surface area contributed by atoms with Crippen molar-refractivity contribution < 1.29 is 19.1 Å². The molecule has 0 saturated heterocycles. The van der Waals surface area contributed by atoms with Crippen LogP contribution in [0.3, 0.4) is 0 Å². The lowest BCUT2D eigenvalue weighted by Gasteiger charge is -2.12. The van der Waals surface area contributed by atoms with Crippen LogP contribution in [0.2, 0.25) is 0 Å². The van der Waals surface area contributed by atoms with Crippen LogP contribution >= 0.6 is 0 Å². The van der Waals surface area contributed by atoms with Gasteiger partial charge in [-0.2, -0.15) is 0 Å². The fourth-order valence-electron chi connectivity index (χ4n) is 2.27. The Balaban J connectivity index is 2.30. The summed E-state index contributed by atoms with van der Waals surface area (Å²) in [6, 6.07) is 10.5. The van der Waals surface area contributed by atoms with Crippen molar-refractivity contribution in [1.82, 2.24) is 0 Å². The number of carbonyl (C=O) groups is 2. The maximum atomic E-state index is 12.2. The van der Waals surface area contributed by atoms with Gasteiger partial charge in [-0.25, -0.2) is 9.59 Å². The number of methoxy groups -OCH3 is 1. The number of aryl methyl sites for hydroxylation is 3. The Morgan fingerprint density at radius 2 is 1.50 bits per heavy atom. The van der Waals surface area contributed by atoms with E-state index in [1.807, 2.05) is 19.1 Å². The van der Waals surface area contributed by atoms with Gasteiger partial charge in [0.05, 0.1) is 18.2 Å². The minimum Gasteiger partial charge on any atom is -0.465 e. The molecule has 2 aromatic carbocycles. The van der Waals surface area contributed by atoms with Gasteiger partial charge < -0.3 is 9.47 Å². The second-order valence-corrected chi connectivity index (χ2v) is 5.19. The van der Waals surface area contributed by atoms with Crippen LogP contribution in [0.5, 0.6) is 5.75 Å². The highest BCUT2D eigenvalue weighted by atomic mass is 16.5. The van der Waals surface area contributed by atoms with Crippen molar-refractivity contribution >= 4 is 11.9 Å². The van der Waals surface area contributed by atoms with E-state index in [4.69, 9.17) is 9.47 Å². The molecule has 0 aliphatic rings. The smallest absolute Gasteiger partial charge is 0.343 e. The van der Waals surface area contributed by atoms with E-state index >= 15 is 0 Å². The molecular formula is C18H18O4. The third kappa shape index (κ3) is 3.34. The molecule has 2 rings (SSSR count). The molecule has 0 unspecified atom stereocenters. The summed E-state index contributed by atoms with van der Waals surface area (Å²) in [4.78, 5) is 23.8. The molecule has 0 amide bonds. The number of benzene rings is 2. The van der Waals surface area contributed by atoms with Crippen molar-refractivity contribution in [1.29, 1.82) is 0 Å². The number of esters is 2. The molecule has 4 heteroatoms. The Hall–Kier alpha value is -2.62. The fraction of sp³-hybridized carbons (Fsp3) is 0.222. The summed E-state index contributed by atoms with van der Waals surface area (Å²) >= 11 is 0. The van der Waals surface area contributed by atoms with Crippen LogP contribution in [-0.4, -0.2) is 19.0 Å². The molecule has 0 saturated carbocycles. The fourth-order valence-corrected chi connectivity index (χ4v) is 2.27. The van der Waals surface area contributed by atoms with Crippen molar-refractivity contribution in [3.8, 4) is 5.75 Å². The topological polar surface area (TPSA) is 52.6 Å². The summed E-state index contributed by atoms with van der Waals surface area (Å²) in [5.41, 5.74) is 3.34. The van der Waals surface area contributed by atoms with Gasteiger partial charge in [-0.3, -0.25) is 0 Å². The van der Waals surface area contributed by atoms with Gasteiger partial charge in [-0.05, 0) is 56.2 Å². The van der Waals surface area contributed by atoms with Crippen LogP contribution in [0.15, 0.2) is 36.4 Å². The standard InChI is InChI=1S/C18H18O4/c1-11-6-5-7-14(8-11)18(20)22-16-12(2)9-15(10-13(16)3)17(19)21-4/h5-10H,1-4H3. The van der Waals surface area contributed by atoms with Crippen LogP contribution in [-0.2, 0) is 4.74 Å². The van der Waals surface area contributed by atoms with Crippen molar-refractivity contribution in [3.05, 3.63) is 64.2 Å². The molecule has 0 spiro atoms. The molecule has 0 N–H and O–H groups in total. The molecule has 0 aliphatic carbocycles. The van der Waals surface area contributed by atoms with Gasteiger partial charge in [-0.15, -0.1) is 0 Å². The van der Waals surface area contributed by atoms with Gasteiger partial charge in [0, 0.05) is 0 Å². The van der Waals surface area contributed by atoms with Crippen molar-refractivity contribution in [2.24, 2.45) is 0 Å². The lowest BCUT2D eigenvalue weighted by molar-refractivity contribution is 0.0600. The maximum Gasteiger partial charge on any atom is 0.343 e. The zero-order chi connectivity index (χ0) is 16.3. The minimum atomic E-state index is -0.416. The van der Waals surface area contributed by atoms with Crippen molar-refractivity contribution in [2.45, 2.75) is 20.8 Å². The molecule has 0 aliphatic heterocycles. The van der Waals surface area contributed by atoms with E-state index < -0.39 is 11.9 Å². The van der Waals surface area contributed by atoms with Crippen molar-refractivity contribution in [2.75, 3.05) is 7.11 Å². The van der Waals surface area contributed by atoms with Gasteiger partial charge in [0.25, 0.3) is 0 Å². The zero-order valence-corrected chi connectivity index (χ0v) is 13.1. The molecule has 114 valence electrons. The van der Waals surface area contributed by atoms with Gasteiger partial charge in [-0.1, -0.05) is 17.7 Å². The Bertz CT molecular complexity index is 709. The van der Waals surface area contributed by atoms with Crippen LogP contribution in [0.1, 0.15) is 37.4 Å². The van der Waals surface area contributed by atoms with E-state index in [1.165, 1.54) is 7.11 Å². The molecule has 0 radical (unpaired) electrons. The normalized spacial score (nSPS) is 10.2. The average molecular weight is 298 g/mol. The van der Waals surface area contributed by atoms with E-state index in [1.54, 1.807) is 38.1 Å². The highest BCUT2D eigenvalue weighted by Gasteiger charge is 2.15. The van der Waals surface area contributed by atoms with E-state index in [9.17, 15) is 9.59 Å². The Morgan fingerprint density at radius 1 is 0.864 bits per heavy atom. The van der Waals surface area contributed by atoms with Gasteiger partial charge >= 0.3 is 11.9 Å². The van der Waals surface area contributed by atoms with Crippen molar-refractivity contribution in [3.63, 3.8) is 0 Å². The summed E-state index contributed by atoms with van der Waals surface area (Å²) in [6.45, 7) is 5.50. The molecule has 4 nitrogen and oxygen atoms in total. The number of rotatable bonds is 3. The van der Waals surface area contributed by atoms with Gasteiger partial charge in [0.15, 0.2) is 0 Å². The van der Waals surface area contributed by atoms with Crippen LogP contribution in [0, 0.1) is 20.8 Å². The van der Waals surface area contributed by atoms with Crippen LogP contribution in [0.4, 0.5) is 0 Å². The molecule has 2 aromatic rings. The molecular weight excluding hydrogens is 280 g/mol. The molecule has 22 heavy (non-hydrogen) atoms. The molecule has 0 atom stereocenters. The minimum absolute atomic E-state index is 0.414. The summed E-state index contributed by atoms with van der Waals surface area (Å²) in [5, 5.41) is 0. The highest BCUT2D eigenvalue weighted by molar-refractivity contribution is 5.93. The lowest BCUT2D eigenvalue weighted by Crippen LogP contribution is -2.11. The predicted octanol–water partition coefficient (Wildman–Crippen LogP) is 3.62. The van der Waals surface area contributed by atoms with E-state index in [-0.39, 0.29) is 0 Å². The molecule has 0 fully saturated rings. The summed E-state index contributed by atoms with van der Waals surface area (Å²) in [7, 11) is 1.33. The van der Waals surface area contributed by atoms with Crippen LogP contribution in [0.25, 0.3) is 0 Å². The van der Waals surface area contributed by atoms with Crippen LogP contribution < -0.4 is 4.74 Å². The second-order valence-electron chi connectivity index (χ2n) is 5.19. The summed E-state index contributed by atoms with van der Waals surface area (Å²) in [5.74, 6) is -0.359. The average Bonchev–Trinajstić information content (AvgIpc) is 2.49. The van der Waals surface area contributed by atoms with Gasteiger partial charge in [0.1, 0.15) is 5.75 Å². The molecule has 0 bridgehead atoms. The summed E-state index contributed by atoms with van der Waals surface area (Å²) in [6.07, 6.45) is 0. The quantitative estimate of drug-likeness (QED) is 0.641. The number of hydrogen-bond acceptors (Lipinski definition) is 4. The second kappa shape index (κ2) is 6.43. The van der Waals surface area contributed by atoms with Gasteiger partial charge in [0.2, 0.25) is 0 Å². The largest absolute Gasteiger partial charge is 0.465 e. The SMILES string of the molecule is COC(=O)c1cc(C)c(OC(=O)c2cccc(C)c2)c(C)c1. The summed E-state index contributed by atoms with van der Waals surface area (Å²) < 4.78 is 10.2. The first-order valence-corrected chi connectivity index (χ1v) is 6.90. The first-order chi connectivity index (χ1) is 10.4. The lowest BCUT2D eigenvalue weighted by atomic mass is 10.1. The number of carbonyl (C=O) groups excluding carboxylic acids is 2. The third-order valence-corrected chi connectivity index (χ3v) is 3.33.